The van der Waals surface area contributed by atoms with Gasteiger partial charge in [0.15, 0.2) is 11.5 Å². The predicted molar refractivity (Wildman–Crippen MR) is 143 cm³/mol. The Morgan fingerprint density at radius 2 is 1.11 bits per heavy atom. The molecule has 1 aromatic rings. The van der Waals surface area contributed by atoms with Crippen molar-refractivity contribution in [2.75, 3.05) is 59.3 Å². The zero-order valence-electron chi connectivity index (χ0n) is 21.7. The van der Waals surface area contributed by atoms with E-state index in [1.807, 2.05) is 24.3 Å². The SMILES string of the molecule is C1=CC(CCCCCCCCCCCN2CCOCCOc3ccccc3OCCOCC2)C=C1. The third-order valence-electron chi connectivity index (χ3n) is 6.76. The Bertz CT molecular complexity index is 673. The highest BCUT2D eigenvalue weighted by Gasteiger charge is 2.08. The molecule has 0 spiro atoms. The molecule has 2 aliphatic rings. The zero-order chi connectivity index (χ0) is 24.2. The van der Waals surface area contributed by atoms with E-state index in [0.29, 0.717) is 32.3 Å². The van der Waals surface area contributed by atoms with E-state index in [-0.39, 0.29) is 0 Å². The molecule has 1 aliphatic heterocycles. The van der Waals surface area contributed by atoms with E-state index in [1.165, 1.54) is 64.2 Å². The number of benzene rings is 1. The van der Waals surface area contributed by atoms with Crippen LogP contribution in [-0.4, -0.2) is 64.2 Å². The molecule has 0 aromatic heterocycles. The molecule has 1 heterocycles. The summed E-state index contributed by atoms with van der Waals surface area (Å²) in [6.45, 7) is 6.73. The second kappa shape index (κ2) is 18.4. The molecular weight excluding hydrogens is 438 g/mol. The van der Waals surface area contributed by atoms with Gasteiger partial charge in [0.25, 0.3) is 0 Å². The minimum Gasteiger partial charge on any atom is -0.487 e. The summed E-state index contributed by atoms with van der Waals surface area (Å²) in [5.41, 5.74) is 0. The molecular formula is C30H47NO4. The number of rotatable bonds is 12. The Labute approximate surface area is 213 Å². The van der Waals surface area contributed by atoms with Gasteiger partial charge in [0, 0.05) is 13.1 Å². The maximum absolute atomic E-state index is 5.84. The van der Waals surface area contributed by atoms with Crippen molar-refractivity contribution in [1.29, 1.82) is 0 Å². The fourth-order valence-corrected chi connectivity index (χ4v) is 4.66. The minimum absolute atomic E-state index is 0.534. The van der Waals surface area contributed by atoms with E-state index in [9.17, 15) is 0 Å². The van der Waals surface area contributed by atoms with Gasteiger partial charge in [0.05, 0.1) is 26.4 Å². The average Bonchev–Trinajstić information content (AvgIpc) is 3.39. The maximum Gasteiger partial charge on any atom is 0.161 e. The Balaban J connectivity index is 1.19. The number of allylic oxidation sites excluding steroid dienone is 4. The van der Waals surface area contributed by atoms with Crippen molar-refractivity contribution in [2.45, 2.75) is 64.2 Å². The second-order valence-corrected chi connectivity index (χ2v) is 9.61. The minimum atomic E-state index is 0.534. The molecule has 1 aliphatic carbocycles. The molecule has 5 nitrogen and oxygen atoms in total. The number of nitrogens with zero attached hydrogens (tertiary/aromatic N) is 1. The lowest BCUT2D eigenvalue weighted by molar-refractivity contribution is 0.0593. The van der Waals surface area contributed by atoms with Crippen molar-refractivity contribution >= 4 is 0 Å². The molecule has 0 atom stereocenters. The van der Waals surface area contributed by atoms with Crippen LogP contribution in [0.15, 0.2) is 48.6 Å². The van der Waals surface area contributed by atoms with Crippen LogP contribution >= 0.6 is 0 Å². The molecule has 0 radical (unpaired) electrons. The first kappa shape index (κ1) is 27.8. The number of hydrogen-bond donors (Lipinski definition) is 0. The largest absolute Gasteiger partial charge is 0.487 e. The van der Waals surface area contributed by atoms with Crippen molar-refractivity contribution in [3.8, 4) is 11.5 Å². The van der Waals surface area contributed by atoms with E-state index in [0.717, 1.165) is 44.3 Å². The van der Waals surface area contributed by atoms with Crippen molar-refractivity contribution < 1.29 is 18.9 Å². The summed E-state index contributed by atoms with van der Waals surface area (Å²) in [7, 11) is 0. The average molecular weight is 486 g/mol. The normalized spacial score (nSPS) is 18.4. The number of hydrogen-bond acceptors (Lipinski definition) is 5. The standard InChI is InChI=1S/C30H47NO4/c1(2-4-6-8-14-28-15-9-10-16-28)3-5-7-13-19-31-20-22-32-24-26-34-29-17-11-12-18-30(29)35-27-25-33-23-21-31/h9-12,15-18,28H,1-8,13-14,19-27H2. The Morgan fingerprint density at radius 1 is 0.600 bits per heavy atom. The molecule has 0 bridgehead atoms. The van der Waals surface area contributed by atoms with Gasteiger partial charge in [0.2, 0.25) is 0 Å². The lowest BCUT2D eigenvalue weighted by atomic mass is 10.0. The van der Waals surface area contributed by atoms with Crippen molar-refractivity contribution in [2.24, 2.45) is 5.92 Å². The smallest absolute Gasteiger partial charge is 0.161 e. The van der Waals surface area contributed by atoms with Gasteiger partial charge in [-0.05, 0) is 37.4 Å². The summed E-state index contributed by atoms with van der Waals surface area (Å²) in [4.78, 5) is 2.48. The fourth-order valence-electron chi connectivity index (χ4n) is 4.66. The van der Waals surface area contributed by atoms with Gasteiger partial charge >= 0.3 is 0 Å². The summed E-state index contributed by atoms with van der Waals surface area (Å²) in [6, 6.07) is 7.79. The van der Waals surface area contributed by atoms with E-state index in [1.54, 1.807) is 0 Å². The Hall–Kier alpha value is -1.82. The van der Waals surface area contributed by atoms with Crippen LogP contribution in [0.25, 0.3) is 0 Å². The van der Waals surface area contributed by atoms with Crippen LogP contribution in [0, 0.1) is 5.92 Å². The first-order valence-corrected chi connectivity index (χ1v) is 14.0. The fraction of sp³-hybridized carbons (Fsp3) is 0.667. The first-order chi connectivity index (χ1) is 17.4. The molecule has 0 saturated carbocycles. The number of unbranched alkanes of at least 4 members (excludes halogenated alkanes) is 8. The summed E-state index contributed by atoms with van der Waals surface area (Å²) in [5.74, 6) is 2.24. The molecule has 196 valence electrons. The quantitative estimate of drug-likeness (QED) is 0.319. The highest BCUT2D eigenvalue weighted by molar-refractivity contribution is 5.39. The Kier molecular flexibility index (Phi) is 14.6. The van der Waals surface area contributed by atoms with Crippen LogP contribution in [0.3, 0.4) is 0 Å². The summed E-state index contributed by atoms with van der Waals surface area (Å²) >= 11 is 0. The van der Waals surface area contributed by atoms with Crippen LogP contribution in [0.4, 0.5) is 0 Å². The highest BCUT2D eigenvalue weighted by atomic mass is 16.6. The maximum atomic E-state index is 5.84. The van der Waals surface area contributed by atoms with Gasteiger partial charge in [-0.1, -0.05) is 87.8 Å². The van der Waals surface area contributed by atoms with Crippen LogP contribution in [0.5, 0.6) is 11.5 Å². The van der Waals surface area contributed by atoms with Crippen LogP contribution in [0.2, 0.25) is 0 Å². The lowest BCUT2D eigenvalue weighted by Gasteiger charge is -2.22. The summed E-state index contributed by atoms with van der Waals surface area (Å²) in [5, 5.41) is 0. The number of fused-ring (bicyclic) bond motifs is 1. The molecule has 5 heteroatoms. The molecule has 35 heavy (non-hydrogen) atoms. The van der Waals surface area contributed by atoms with Crippen molar-refractivity contribution in [3.63, 3.8) is 0 Å². The van der Waals surface area contributed by atoms with Crippen molar-refractivity contribution in [1.82, 2.24) is 4.90 Å². The predicted octanol–water partition coefficient (Wildman–Crippen LogP) is 6.44. The zero-order valence-corrected chi connectivity index (χ0v) is 21.7. The topological polar surface area (TPSA) is 40.2 Å². The number of para-hydroxylation sites is 2. The van der Waals surface area contributed by atoms with Crippen LogP contribution in [0.1, 0.15) is 64.2 Å². The summed E-state index contributed by atoms with van der Waals surface area (Å²) in [6.07, 6.45) is 22.6. The third kappa shape index (κ3) is 12.6. The van der Waals surface area contributed by atoms with Crippen LogP contribution < -0.4 is 9.47 Å². The van der Waals surface area contributed by atoms with Gasteiger partial charge in [0.1, 0.15) is 13.2 Å². The van der Waals surface area contributed by atoms with Gasteiger partial charge in [-0.2, -0.15) is 0 Å². The monoisotopic (exact) mass is 485 g/mol. The lowest BCUT2D eigenvalue weighted by Crippen LogP contribution is -2.32. The molecule has 0 fully saturated rings. The second-order valence-electron chi connectivity index (χ2n) is 9.61. The molecule has 0 amide bonds. The van der Waals surface area contributed by atoms with Gasteiger partial charge < -0.3 is 18.9 Å². The molecule has 0 unspecified atom stereocenters. The first-order valence-electron chi connectivity index (χ1n) is 14.0. The molecule has 0 N–H and O–H groups in total. The van der Waals surface area contributed by atoms with E-state index >= 15 is 0 Å². The van der Waals surface area contributed by atoms with Gasteiger partial charge in [-0.25, -0.2) is 0 Å². The van der Waals surface area contributed by atoms with E-state index < -0.39 is 0 Å². The van der Waals surface area contributed by atoms with E-state index in [4.69, 9.17) is 18.9 Å². The third-order valence-corrected chi connectivity index (χ3v) is 6.76. The molecule has 3 rings (SSSR count). The molecule has 0 saturated heterocycles. The molecule has 1 aromatic carbocycles. The highest BCUT2D eigenvalue weighted by Crippen LogP contribution is 2.26. The van der Waals surface area contributed by atoms with Gasteiger partial charge in [-0.3, -0.25) is 4.90 Å². The number of ether oxygens (including phenoxy) is 4. The van der Waals surface area contributed by atoms with Crippen molar-refractivity contribution in [3.05, 3.63) is 48.6 Å². The van der Waals surface area contributed by atoms with Gasteiger partial charge in [-0.15, -0.1) is 0 Å². The van der Waals surface area contributed by atoms with E-state index in [2.05, 4.69) is 29.2 Å². The van der Waals surface area contributed by atoms with Crippen LogP contribution in [-0.2, 0) is 9.47 Å². The Morgan fingerprint density at radius 3 is 1.69 bits per heavy atom. The summed E-state index contributed by atoms with van der Waals surface area (Å²) < 4.78 is 23.3.